The first kappa shape index (κ1) is 16.1. The molecule has 0 fully saturated rings. The molecule has 0 spiro atoms. The monoisotopic (exact) mass is 352 g/mol. The zero-order valence-electron chi connectivity index (χ0n) is 12.5. The van der Waals surface area contributed by atoms with Crippen LogP contribution < -0.4 is 9.47 Å². The van der Waals surface area contributed by atoms with Gasteiger partial charge in [-0.2, -0.15) is 11.3 Å². The molecule has 2 heterocycles. The molecule has 0 N–H and O–H groups in total. The Balaban J connectivity index is 1.56. The average molecular weight is 353 g/mol. The third kappa shape index (κ3) is 4.39. The zero-order valence-corrected chi connectivity index (χ0v) is 14.1. The van der Waals surface area contributed by atoms with Crippen molar-refractivity contribution in [3.8, 4) is 11.5 Å². The van der Waals surface area contributed by atoms with Crippen LogP contribution >= 0.6 is 22.9 Å². The molecule has 2 aromatic rings. The molecule has 4 nitrogen and oxygen atoms in total. The summed E-state index contributed by atoms with van der Waals surface area (Å²) in [6.07, 6.45) is 1.89. The molecule has 0 radical (unpaired) electrons. The number of hydrogen-bond donors (Lipinski definition) is 0. The fourth-order valence-corrected chi connectivity index (χ4v) is 3.28. The highest BCUT2D eigenvalue weighted by molar-refractivity contribution is 7.07. The van der Waals surface area contributed by atoms with Crippen LogP contribution in [0.3, 0.4) is 0 Å². The maximum atomic E-state index is 11.8. The molecule has 0 saturated carbocycles. The van der Waals surface area contributed by atoms with Crippen LogP contribution in [0.25, 0.3) is 0 Å². The van der Waals surface area contributed by atoms with Gasteiger partial charge in [-0.05, 0) is 46.5 Å². The molecule has 1 aromatic heterocycles. The van der Waals surface area contributed by atoms with Gasteiger partial charge in [0.2, 0.25) is 0 Å². The minimum Gasteiger partial charge on any atom is -0.489 e. The van der Waals surface area contributed by atoms with Crippen molar-refractivity contribution in [2.24, 2.45) is 0 Å². The molecule has 0 aliphatic carbocycles. The number of halogens is 1. The van der Waals surface area contributed by atoms with Crippen LogP contribution in [-0.2, 0) is 22.6 Å². The van der Waals surface area contributed by atoms with Crippen LogP contribution in [0.15, 0.2) is 29.0 Å². The molecule has 0 bridgehead atoms. The van der Waals surface area contributed by atoms with Gasteiger partial charge in [-0.3, -0.25) is 4.79 Å². The van der Waals surface area contributed by atoms with E-state index in [1.54, 1.807) is 17.4 Å². The average Bonchev–Trinajstić information content (AvgIpc) is 2.95. The molecular formula is C17H17ClO4S. The lowest BCUT2D eigenvalue weighted by Gasteiger charge is -2.12. The second-order valence-corrected chi connectivity index (χ2v) is 6.43. The van der Waals surface area contributed by atoms with Crippen molar-refractivity contribution >= 4 is 28.9 Å². The van der Waals surface area contributed by atoms with E-state index in [4.69, 9.17) is 25.8 Å². The number of esters is 1. The zero-order chi connectivity index (χ0) is 16.1. The molecule has 1 aliphatic heterocycles. The summed E-state index contributed by atoms with van der Waals surface area (Å²) in [5.41, 5.74) is 1.95. The van der Waals surface area contributed by atoms with Crippen LogP contribution in [0.1, 0.15) is 24.0 Å². The predicted octanol–water partition coefficient (Wildman–Crippen LogP) is 4.24. The van der Waals surface area contributed by atoms with Gasteiger partial charge in [0.05, 0.1) is 18.2 Å². The van der Waals surface area contributed by atoms with E-state index >= 15 is 0 Å². The number of carbonyl (C=O) groups is 1. The summed E-state index contributed by atoms with van der Waals surface area (Å²) in [5.74, 6) is 0.954. The Kier molecular flexibility index (Phi) is 5.41. The first-order valence-corrected chi connectivity index (χ1v) is 8.79. The van der Waals surface area contributed by atoms with Gasteiger partial charge in [0.1, 0.15) is 6.61 Å². The van der Waals surface area contributed by atoms with Crippen LogP contribution in [-0.4, -0.2) is 19.2 Å². The van der Waals surface area contributed by atoms with Crippen LogP contribution in [0.4, 0.5) is 0 Å². The third-order valence-corrected chi connectivity index (χ3v) is 4.47. The lowest BCUT2D eigenvalue weighted by atomic mass is 10.2. The standard InChI is InChI=1S/C17H17ClO4S/c18-14-8-13(9-15-17(14)21-6-1-5-20-15)10-22-16(19)3-2-12-4-7-23-11-12/h4,7-9,11H,1-3,5-6,10H2. The van der Waals surface area contributed by atoms with Crippen molar-refractivity contribution in [1.29, 1.82) is 0 Å². The number of rotatable bonds is 5. The second kappa shape index (κ2) is 7.70. The van der Waals surface area contributed by atoms with Crippen molar-refractivity contribution in [3.05, 3.63) is 45.1 Å². The fourth-order valence-electron chi connectivity index (χ4n) is 2.28. The summed E-state index contributed by atoms with van der Waals surface area (Å²) in [4.78, 5) is 11.8. The molecule has 0 atom stereocenters. The molecule has 1 aliphatic rings. The number of benzene rings is 1. The highest BCUT2D eigenvalue weighted by Crippen LogP contribution is 2.38. The summed E-state index contributed by atoms with van der Waals surface area (Å²) >= 11 is 7.84. The smallest absolute Gasteiger partial charge is 0.306 e. The normalized spacial score (nSPS) is 13.4. The molecule has 0 saturated heterocycles. The Morgan fingerprint density at radius 2 is 2.13 bits per heavy atom. The van der Waals surface area contributed by atoms with E-state index in [1.165, 1.54) is 0 Å². The topological polar surface area (TPSA) is 44.8 Å². The highest BCUT2D eigenvalue weighted by atomic mass is 35.5. The van der Waals surface area contributed by atoms with Gasteiger partial charge in [0.25, 0.3) is 0 Å². The highest BCUT2D eigenvalue weighted by Gasteiger charge is 2.16. The van der Waals surface area contributed by atoms with Crippen molar-refractivity contribution in [2.45, 2.75) is 25.9 Å². The van der Waals surface area contributed by atoms with Crippen LogP contribution in [0.5, 0.6) is 11.5 Å². The Morgan fingerprint density at radius 1 is 1.26 bits per heavy atom. The van der Waals surface area contributed by atoms with Gasteiger partial charge in [-0.15, -0.1) is 0 Å². The van der Waals surface area contributed by atoms with E-state index in [0.29, 0.717) is 42.6 Å². The van der Waals surface area contributed by atoms with Gasteiger partial charge in [-0.1, -0.05) is 11.6 Å². The lowest BCUT2D eigenvalue weighted by Crippen LogP contribution is -2.06. The van der Waals surface area contributed by atoms with Crippen LogP contribution in [0, 0.1) is 0 Å². The van der Waals surface area contributed by atoms with Crippen LogP contribution in [0.2, 0.25) is 5.02 Å². The molecule has 3 rings (SSSR count). The van der Waals surface area contributed by atoms with Gasteiger partial charge in [0.15, 0.2) is 11.5 Å². The Bertz CT molecular complexity index is 669. The van der Waals surface area contributed by atoms with Gasteiger partial charge >= 0.3 is 5.97 Å². The maximum Gasteiger partial charge on any atom is 0.306 e. The van der Waals surface area contributed by atoms with Crippen molar-refractivity contribution in [1.82, 2.24) is 0 Å². The van der Waals surface area contributed by atoms with Crippen molar-refractivity contribution in [3.63, 3.8) is 0 Å². The first-order chi connectivity index (χ1) is 11.2. The van der Waals surface area contributed by atoms with Gasteiger partial charge < -0.3 is 14.2 Å². The maximum absolute atomic E-state index is 11.8. The largest absolute Gasteiger partial charge is 0.489 e. The summed E-state index contributed by atoms with van der Waals surface area (Å²) in [5, 5.41) is 4.52. The van der Waals surface area contributed by atoms with E-state index < -0.39 is 0 Å². The van der Waals surface area contributed by atoms with E-state index in [2.05, 4.69) is 0 Å². The number of aryl methyl sites for hydroxylation is 1. The number of thiophene rings is 1. The predicted molar refractivity (Wildman–Crippen MR) is 89.5 cm³/mol. The number of hydrogen-bond acceptors (Lipinski definition) is 5. The number of carbonyl (C=O) groups excluding carboxylic acids is 1. The summed E-state index contributed by atoms with van der Waals surface area (Å²) in [7, 11) is 0. The fraction of sp³-hybridized carbons (Fsp3) is 0.353. The Morgan fingerprint density at radius 3 is 2.96 bits per heavy atom. The van der Waals surface area contributed by atoms with Gasteiger partial charge in [0, 0.05) is 12.8 Å². The second-order valence-electron chi connectivity index (χ2n) is 5.25. The van der Waals surface area contributed by atoms with E-state index in [-0.39, 0.29) is 12.6 Å². The summed E-state index contributed by atoms with van der Waals surface area (Å²) < 4.78 is 16.5. The van der Waals surface area contributed by atoms with Crippen molar-refractivity contribution < 1.29 is 19.0 Å². The Hall–Kier alpha value is -1.72. The molecule has 6 heteroatoms. The lowest BCUT2D eigenvalue weighted by molar-refractivity contribution is -0.144. The minimum absolute atomic E-state index is 0.179. The number of fused-ring (bicyclic) bond motifs is 1. The van der Waals surface area contributed by atoms with Crippen molar-refractivity contribution in [2.75, 3.05) is 13.2 Å². The quantitative estimate of drug-likeness (QED) is 0.755. The molecule has 23 heavy (non-hydrogen) atoms. The van der Waals surface area contributed by atoms with Gasteiger partial charge in [-0.25, -0.2) is 0 Å². The molecule has 1 aromatic carbocycles. The minimum atomic E-state index is -0.223. The SMILES string of the molecule is O=C(CCc1ccsc1)OCc1cc(Cl)c2c(c1)OCCCO2. The van der Waals surface area contributed by atoms with E-state index in [0.717, 1.165) is 17.5 Å². The summed E-state index contributed by atoms with van der Waals surface area (Å²) in [6, 6.07) is 5.58. The first-order valence-electron chi connectivity index (χ1n) is 7.47. The Labute approximate surface area is 143 Å². The van der Waals surface area contributed by atoms with E-state index in [1.807, 2.05) is 22.9 Å². The summed E-state index contributed by atoms with van der Waals surface area (Å²) in [6.45, 7) is 1.36. The third-order valence-electron chi connectivity index (χ3n) is 3.46. The van der Waals surface area contributed by atoms with E-state index in [9.17, 15) is 4.79 Å². The molecular weight excluding hydrogens is 336 g/mol. The number of ether oxygens (including phenoxy) is 3. The molecule has 0 unspecified atom stereocenters. The molecule has 0 amide bonds. The molecule has 122 valence electrons.